The standard InChI is InChI=1S/C15H21ClN2O2/c1-17-14-8-4-2-3-6-11(14)10-12-13(16)7-5-9-15(12)18(19)20/h5,7,9,11,14,17H,2-4,6,8,10H2,1H3. The highest BCUT2D eigenvalue weighted by Gasteiger charge is 2.26. The van der Waals surface area contributed by atoms with Crippen LogP contribution in [0.1, 0.15) is 37.7 Å². The minimum atomic E-state index is -0.327. The third-order valence-corrected chi connectivity index (χ3v) is 4.64. The van der Waals surface area contributed by atoms with E-state index in [2.05, 4.69) is 5.32 Å². The van der Waals surface area contributed by atoms with E-state index in [4.69, 9.17) is 11.6 Å². The number of hydrogen-bond donors (Lipinski definition) is 1. The van der Waals surface area contributed by atoms with Gasteiger partial charge in [0.2, 0.25) is 0 Å². The summed E-state index contributed by atoms with van der Waals surface area (Å²) in [5, 5.41) is 15.0. The van der Waals surface area contributed by atoms with Crippen molar-refractivity contribution >= 4 is 17.3 Å². The van der Waals surface area contributed by atoms with Gasteiger partial charge in [-0.25, -0.2) is 0 Å². The Hall–Kier alpha value is -1.13. The first kappa shape index (κ1) is 15.3. The summed E-state index contributed by atoms with van der Waals surface area (Å²) in [5.41, 5.74) is 0.836. The maximum atomic E-state index is 11.2. The molecule has 2 atom stereocenters. The highest BCUT2D eigenvalue weighted by molar-refractivity contribution is 6.31. The van der Waals surface area contributed by atoms with E-state index in [1.807, 2.05) is 7.05 Å². The molecule has 1 N–H and O–H groups in total. The second-order valence-electron chi connectivity index (χ2n) is 5.49. The molecular formula is C15H21ClN2O2. The minimum absolute atomic E-state index is 0.150. The molecule has 0 aromatic heterocycles. The largest absolute Gasteiger partial charge is 0.317 e. The molecule has 1 saturated carbocycles. The number of hydrogen-bond acceptors (Lipinski definition) is 3. The molecule has 0 spiro atoms. The number of nitro groups is 1. The summed E-state index contributed by atoms with van der Waals surface area (Å²) in [6, 6.07) is 5.36. The summed E-state index contributed by atoms with van der Waals surface area (Å²) in [5.74, 6) is 0.418. The zero-order valence-electron chi connectivity index (χ0n) is 11.8. The van der Waals surface area contributed by atoms with Gasteiger partial charge in [-0.15, -0.1) is 0 Å². The molecule has 2 unspecified atom stereocenters. The average Bonchev–Trinajstić information content (AvgIpc) is 2.65. The number of benzene rings is 1. The van der Waals surface area contributed by atoms with Gasteiger partial charge in [0.15, 0.2) is 0 Å². The van der Waals surface area contributed by atoms with Crippen LogP contribution >= 0.6 is 11.6 Å². The van der Waals surface area contributed by atoms with Crippen molar-refractivity contribution < 1.29 is 4.92 Å². The molecule has 0 bridgehead atoms. The molecule has 4 nitrogen and oxygen atoms in total. The van der Waals surface area contributed by atoms with Crippen molar-refractivity contribution in [1.82, 2.24) is 5.32 Å². The second kappa shape index (κ2) is 7.04. The van der Waals surface area contributed by atoms with Gasteiger partial charge in [-0.1, -0.05) is 36.9 Å². The van der Waals surface area contributed by atoms with Crippen molar-refractivity contribution in [3.8, 4) is 0 Å². The summed E-state index contributed by atoms with van der Waals surface area (Å²) in [6.07, 6.45) is 6.60. The third kappa shape index (κ3) is 3.49. The minimum Gasteiger partial charge on any atom is -0.317 e. The van der Waals surface area contributed by atoms with E-state index in [0.29, 0.717) is 29.0 Å². The lowest BCUT2D eigenvalue weighted by atomic mass is 9.88. The number of nitro benzene ring substituents is 1. The Bertz CT molecular complexity index is 479. The summed E-state index contributed by atoms with van der Waals surface area (Å²) in [6.45, 7) is 0. The molecule has 1 aromatic carbocycles. The van der Waals surface area contributed by atoms with Crippen molar-refractivity contribution in [3.05, 3.63) is 38.9 Å². The molecular weight excluding hydrogens is 276 g/mol. The summed E-state index contributed by atoms with van der Waals surface area (Å²) < 4.78 is 0. The lowest BCUT2D eigenvalue weighted by molar-refractivity contribution is -0.385. The van der Waals surface area contributed by atoms with Gasteiger partial charge < -0.3 is 5.32 Å². The van der Waals surface area contributed by atoms with Gasteiger partial charge in [0.1, 0.15) is 0 Å². The summed E-state index contributed by atoms with van der Waals surface area (Å²) >= 11 is 6.20. The maximum absolute atomic E-state index is 11.2. The highest BCUT2D eigenvalue weighted by atomic mass is 35.5. The molecule has 0 aliphatic heterocycles. The van der Waals surface area contributed by atoms with Crippen molar-refractivity contribution in [2.45, 2.75) is 44.6 Å². The maximum Gasteiger partial charge on any atom is 0.274 e. The molecule has 1 fully saturated rings. The third-order valence-electron chi connectivity index (χ3n) is 4.29. The topological polar surface area (TPSA) is 55.2 Å². The van der Waals surface area contributed by atoms with Crippen LogP contribution in [0.5, 0.6) is 0 Å². The zero-order valence-corrected chi connectivity index (χ0v) is 12.5. The number of rotatable bonds is 4. The van der Waals surface area contributed by atoms with E-state index in [0.717, 1.165) is 12.8 Å². The van der Waals surface area contributed by atoms with Crippen LogP contribution in [-0.2, 0) is 6.42 Å². The highest BCUT2D eigenvalue weighted by Crippen LogP contribution is 2.33. The van der Waals surface area contributed by atoms with Gasteiger partial charge in [0.25, 0.3) is 5.69 Å². The first-order valence-electron chi connectivity index (χ1n) is 7.22. The van der Waals surface area contributed by atoms with E-state index in [9.17, 15) is 10.1 Å². The van der Waals surface area contributed by atoms with Crippen LogP contribution in [0.25, 0.3) is 0 Å². The molecule has 1 aromatic rings. The second-order valence-corrected chi connectivity index (χ2v) is 5.90. The van der Waals surface area contributed by atoms with E-state index >= 15 is 0 Å². The molecule has 5 heteroatoms. The normalized spacial score (nSPS) is 23.3. The van der Waals surface area contributed by atoms with Gasteiger partial charge in [-0.05, 0) is 38.3 Å². The van der Waals surface area contributed by atoms with Gasteiger partial charge in [0.05, 0.1) is 9.95 Å². The van der Waals surface area contributed by atoms with Crippen LogP contribution in [0.15, 0.2) is 18.2 Å². The van der Waals surface area contributed by atoms with Crippen LogP contribution in [0, 0.1) is 16.0 Å². The molecule has 20 heavy (non-hydrogen) atoms. The molecule has 1 aliphatic rings. The van der Waals surface area contributed by atoms with Crippen molar-refractivity contribution in [2.75, 3.05) is 7.05 Å². The number of halogens is 1. The first-order chi connectivity index (χ1) is 9.63. The van der Waals surface area contributed by atoms with Gasteiger partial charge >= 0.3 is 0 Å². The molecule has 0 saturated heterocycles. The van der Waals surface area contributed by atoms with E-state index < -0.39 is 0 Å². The zero-order chi connectivity index (χ0) is 14.5. The Morgan fingerprint density at radius 3 is 2.80 bits per heavy atom. The van der Waals surface area contributed by atoms with Crippen molar-refractivity contribution in [2.24, 2.45) is 5.92 Å². The van der Waals surface area contributed by atoms with E-state index in [1.54, 1.807) is 18.2 Å². The van der Waals surface area contributed by atoms with Crippen molar-refractivity contribution in [3.63, 3.8) is 0 Å². The van der Waals surface area contributed by atoms with Gasteiger partial charge in [-0.2, -0.15) is 0 Å². The van der Waals surface area contributed by atoms with Crippen molar-refractivity contribution in [1.29, 1.82) is 0 Å². The Balaban J connectivity index is 2.25. The van der Waals surface area contributed by atoms with Crippen LogP contribution < -0.4 is 5.32 Å². The van der Waals surface area contributed by atoms with E-state index in [1.165, 1.54) is 19.3 Å². The van der Waals surface area contributed by atoms with E-state index in [-0.39, 0.29) is 10.6 Å². The first-order valence-corrected chi connectivity index (χ1v) is 7.60. The number of nitrogens with one attached hydrogen (secondary N) is 1. The molecule has 0 heterocycles. The average molecular weight is 297 g/mol. The summed E-state index contributed by atoms with van der Waals surface area (Å²) in [7, 11) is 1.98. The van der Waals surface area contributed by atoms with Crippen LogP contribution in [0.3, 0.4) is 0 Å². The van der Waals surface area contributed by atoms with Crippen LogP contribution in [-0.4, -0.2) is 18.0 Å². The predicted octanol–water partition coefficient (Wildman–Crippen LogP) is 3.96. The summed E-state index contributed by atoms with van der Waals surface area (Å²) in [4.78, 5) is 10.8. The fraction of sp³-hybridized carbons (Fsp3) is 0.600. The molecule has 1 aliphatic carbocycles. The number of nitrogens with zero attached hydrogens (tertiary/aromatic N) is 1. The lowest BCUT2D eigenvalue weighted by Gasteiger charge is -2.25. The fourth-order valence-corrected chi connectivity index (χ4v) is 3.44. The Morgan fingerprint density at radius 1 is 1.35 bits per heavy atom. The molecule has 0 amide bonds. The predicted molar refractivity (Wildman–Crippen MR) is 81.2 cm³/mol. The van der Waals surface area contributed by atoms with Gasteiger partial charge in [0, 0.05) is 17.7 Å². The Labute approximate surface area is 124 Å². The molecule has 110 valence electrons. The molecule has 0 radical (unpaired) electrons. The van der Waals surface area contributed by atoms with Crippen LogP contribution in [0.4, 0.5) is 5.69 Å². The van der Waals surface area contributed by atoms with Gasteiger partial charge in [-0.3, -0.25) is 10.1 Å². The lowest BCUT2D eigenvalue weighted by Crippen LogP contribution is -2.34. The van der Waals surface area contributed by atoms with Crippen LogP contribution in [0.2, 0.25) is 5.02 Å². The smallest absolute Gasteiger partial charge is 0.274 e. The monoisotopic (exact) mass is 296 g/mol. The quantitative estimate of drug-likeness (QED) is 0.520. The Morgan fingerprint density at radius 2 is 2.10 bits per heavy atom. The SMILES string of the molecule is CNC1CCCCCC1Cc1c(Cl)cccc1[N+](=O)[O-]. The fourth-order valence-electron chi connectivity index (χ4n) is 3.19. The molecule has 2 rings (SSSR count). The Kier molecular flexibility index (Phi) is 5.38.